The van der Waals surface area contributed by atoms with Crippen molar-refractivity contribution in [2.24, 2.45) is 0 Å². The second-order valence-electron chi connectivity index (χ2n) is 9.09. The number of amides is 2. The molecule has 0 aliphatic carbocycles. The summed E-state index contributed by atoms with van der Waals surface area (Å²) in [5, 5.41) is 17.7. The zero-order valence-electron chi connectivity index (χ0n) is 20.4. The molecule has 2 N–H and O–H groups in total. The van der Waals surface area contributed by atoms with Crippen molar-refractivity contribution in [1.29, 1.82) is 0 Å². The number of alkyl halides is 4. The highest BCUT2D eigenvalue weighted by atomic mass is 79.9. The molecule has 0 saturated carbocycles. The number of ether oxygens (including phenoxy) is 1. The van der Waals surface area contributed by atoms with Crippen molar-refractivity contribution in [1.82, 2.24) is 14.8 Å². The minimum atomic E-state index is -4.33. The monoisotopic (exact) mass is 618 g/mol. The summed E-state index contributed by atoms with van der Waals surface area (Å²) in [6.07, 6.45) is -4.74. The van der Waals surface area contributed by atoms with Crippen LogP contribution >= 0.6 is 15.9 Å². The Morgan fingerprint density at radius 1 is 1.13 bits per heavy atom. The Kier molecular flexibility index (Phi) is 7.97. The third-order valence-corrected chi connectivity index (χ3v) is 6.63. The average Bonchev–Trinajstić information content (AvgIpc) is 2.86. The van der Waals surface area contributed by atoms with Crippen molar-refractivity contribution < 1.29 is 36.8 Å². The number of aromatic nitrogens is 1. The molecule has 1 aromatic carbocycles. The van der Waals surface area contributed by atoms with Gasteiger partial charge in [0.15, 0.2) is 0 Å². The van der Waals surface area contributed by atoms with Crippen LogP contribution in [-0.4, -0.2) is 83.0 Å². The van der Waals surface area contributed by atoms with Gasteiger partial charge in [-0.05, 0) is 25.0 Å². The van der Waals surface area contributed by atoms with E-state index in [2.05, 4.69) is 36.3 Å². The minimum absolute atomic E-state index is 0.0623. The number of rotatable bonds is 6. The van der Waals surface area contributed by atoms with Crippen molar-refractivity contribution in [3.8, 4) is 0 Å². The zero-order valence-corrected chi connectivity index (χ0v) is 22.0. The minimum Gasteiger partial charge on any atom is -0.387 e. The molecular formula is C23H23BrF4N6O5. The first kappa shape index (κ1) is 28.5. The van der Waals surface area contributed by atoms with E-state index in [0.29, 0.717) is 30.6 Å². The van der Waals surface area contributed by atoms with Crippen LogP contribution in [0.15, 0.2) is 35.1 Å². The molecule has 39 heavy (non-hydrogen) atoms. The smallest absolute Gasteiger partial charge is 0.377 e. The van der Waals surface area contributed by atoms with Crippen molar-refractivity contribution in [3.63, 3.8) is 0 Å². The zero-order chi connectivity index (χ0) is 28.5. The maximum absolute atomic E-state index is 13.8. The molecule has 2 aliphatic rings. The highest BCUT2D eigenvalue weighted by Crippen LogP contribution is 2.38. The maximum atomic E-state index is 13.8. The summed E-state index contributed by atoms with van der Waals surface area (Å²) in [4.78, 5) is 43.1. The van der Waals surface area contributed by atoms with E-state index in [-0.39, 0.29) is 27.5 Å². The fourth-order valence-electron chi connectivity index (χ4n) is 4.51. The normalized spacial score (nSPS) is 20.3. The van der Waals surface area contributed by atoms with Crippen molar-refractivity contribution in [2.45, 2.75) is 31.1 Å². The van der Waals surface area contributed by atoms with E-state index < -0.39 is 53.4 Å². The van der Waals surface area contributed by atoms with Crippen LogP contribution in [0.5, 0.6) is 0 Å². The number of hydrogen-bond donors (Lipinski definition) is 2. The molecule has 1 atom stereocenters. The van der Waals surface area contributed by atoms with Gasteiger partial charge in [0.25, 0.3) is 17.5 Å². The lowest BCUT2D eigenvalue weighted by Gasteiger charge is -2.37. The number of likely N-dealkylation sites (tertiary alicyclic amines) is 1. The lowest BCUT2D eigenvalue weighted by atomic mass is 10.0. The fraction of sp³-hybridized carbons (Fsp3) is 0.435. The molecule has 4 rings (SSSR count). The number of benzene rings is 1. The quantitative estimate of drug-likeness (QED) is 0.280. The molecule has 2 aliphatic heterocycles. The number of nitro groups is 1. The van der Waals surface area contributed by atoms with Gasteiger partial charge < -0.3 is 20.4 Å². The molecule has 210 valence electrons. The van der Waals surface area contributed by atoms with Gasteiger partial charge in [-0.2, -0.15) is 17.6 Å². The first-order chi connectivity index (χ1) is 18.3. The predicted octanol–water partition coefficient (Wildman–Crippen LogP) is 4.17. The largest absolute Gasteiger partial charge is 0.387 e. The highest BCUT2D eigenvalue weighted by molar-refractivity contribution is 9.10. The van der Waals surface area contributed by atoms with Gasteiger partial charge in [-0.1, -0.05) is 15.9 Å². The Morgan fingerprint density at radius 2 is 1.82 bits per heavy atom. The topological polar surface area (TPSA) is 130 Å². The number of carbonyl (C=O) groups is 2. The number of hydrogen-bond acceptors (Lipinski definition) is 8. The molecule has 2 fully saturated rings. The van der Waals surface area contributed by atoms with E-state index in [9.17, 15) is 37.3 Å². The van der Waals surface area contributed by atoms with Crippen molar-refractivity contribution in [2.75, 3.05) is 43.9 Å². The number of halogens is 5. The summed E-state index contributed by atoms with van der Waals surface area (Å²) in [6.45, 7) is -2.44. The number of pyridine rings is 1. The molecule has 2 saturated heterocycles. The summed E-state index contributed by atoms with van der Waals surface area (Å²) in [6, 6.07) is 3.27. The lowest BCUT2D eigenvalue weighted by Crippen LogP contribution is -2.56. The number of nitro benzene ring substituents is 1. The Morgan fingerprint density at radius 3 is 2.46 bits per heavy atom. The van der Waals surface area contributed by atoms with Gasteiger partial charge in [0.1, 0.15) is 18.8 Å². The van der Waals surface area contributed by atoms with Crippen LogP contribution in [-0.2, 0) is 4.74 Å². The first-order valence-corrected chi connectivity index (χ1v) is 12.5. The average molecular weight is 619 g/mol. The Bertz CT molecular complexity index is 1280. The molecule has 16 heteroatoms. The third-order valence-electron chi connectivity index (χ3n) is 6.18. The summed E-state index contributed by atoms with van der Waals surface area (Å²) in [5.74, 6) is -1.60. The number of nitrogens with zero attached hydrogens (tertiary/aromatic N) is 4. The summed E-state index contributed by atoms with van der Waals surface area (Å²) in [7, 11) is 1.68. The van der Waals surface area contributed by atoms with E-state index >= 15 is 0 Å². The molecular weight excluding hydrogens is 596 g/mol. The molecule has 0 unspecified atom stereocenters. The molecule has 1 aromatic heterocycles. The standard InChI is InChI=1S/C23H23BrF4N6O5/c1-29-16-5-13(8-30-9-16)20(35)32-4-2-3-15(10-32)31-19-17(6-14(24)7-18(19)34(37)38)21(36)33-11-22(25,26)39-23(27,28)12-33/h5-9,15,29,31H,2-4,10-12H2,1H3/t15-/m1/s1. The summed E-state index contributed by atoms with van der Waals surface area (Å²) >= 11 is 3.06. The van der Waals surface area contributed by atoms with Gasteiger partial charge in [-0.3, -0.25) is 29.4 Å². The van der Waals surface area contributed by atoms with Gasteiger partial charge in [0.05, 0.1) is 21.7 Å². The molecule has 0 bridgehead atoms. The molecule has 11 nitrogen and oxygen atoms in total. The van der Waals surface area contributed by atoms with Gasteiger partial charge in [0.2, 0.25) is 0 Å². The van der Waals surface area contributed by atoms with Crippen LogP contribution in [0.1, 0.15) is 33.6 Å². The van der Waals surface area contributed by atoms with Gasteiger partial charge in [-0.15, -0.1) is 0 Å². The van der Waals surface area contributed by atoms with Crippen LogP contribution in [0.3, 0.4) is 0 Å². The highest BCUT2D eigenvalue weighted by Gasteiger charge is 2.53. The fourth-order valence-corrected chi connectivity index (χ4v) is 4.96. The SMILES string of the molecule is CNc1cncc(C(=O)N2CCC[C@@H](Nc3c(C(=O)N4CC(F)(F)OC(F)(F)C4)cc(Br)cc3[N+](=O)[O-])C2)c1. The van der Waals surface area contributed by atoms with E-state index in [0.717, 1.165) is 12.1 Å². The third kappa shape index (κ3) is 6.55. The second kappa shape index (κ2) is 10.9. The van der Waals surface area contributed by atoms with E-state index in [1.807, 2.05) is 0 Å². The maximum Gasteiger partial charge on any atom is 0.377 e. The molecule has 2 amide bonds. The van der Waals surface area contributed by atoms with Gasteiger partial charge >= 0.3 is 12.2 Å². The number of anilines is 2. The summed E-state index contributed by atoms with van der Waals surface area (Å²) < 4.78 is 58.8. The van der Waals surface area contributed by atoms with Crippen molar-refractivity contribution in [3.05, 3.63) is 56.3 Å². The van der Waals surface area contributed by atoms with Crippen LogP contribution in [0.4, 0.5) is 34.6 Å². The Balaban J connectivity index is 1.63. The first-order valence-electron chi connectivity index (χ1n) is 11.7. The van der Waals surface area contributed by atoms with Gasteiger partial charge in [0, 0.05) is 49.1 Å². The Hall–Kier alpha value is -3.53. The van der Waals surface area contributed by atoms with Crippen LogP contribution in [0.25, 0.3) is 0 Å². The molecule has 0 radical (unpaired) electrons. The molecule has 0 spiro atoms. The van der Waals surface area contributed by atoms with E-state index in [1.54, 1.807) is 19.3 Å². The molecule has 3 heterocycles. The number of piperidine rings is 1. The number of nitrogens with one attached hydrogen (secondary N) is 2. The second-order valence-corrected chi connectivity index (χ2v) is 10.0. The van der Waals surface area contributed by atoms with Gasteiger partial charge in [-0.25, -0.2) is 0 Å². The predicted molar refractivity (Wildman–Crippen MR) is 134 cm³/mol. The number of carbonyl (C=O) groups excluding carboxylic acids is 2. The Labute approximate surface area is 227 Å². The molecule has 2 aromatic rings. The van der Waals surface area contributed by atoms with Crippen LogP contribution in [0.2, 0.25) is 0 Å². The lowest BCUT2D eigenvalue weighted by molar-refractivity contribution is -0.400. The van der Waals surface area contributed by atoms with Crippen LogP contribution < -0.4 is 10.6 Å². The van der Waals surface area contributed by atoms with Crippen molar-refractivity contribution >= 4 is 44.8 Å². The van der Waals surface area contributed by atoms with E-state index in [4.69, 9.17) is 0 Å². The summed E-state index contributed by atoms with van der Waals surface area (Å²) in [5.41, 5.74) is -0.417. The van der Waals surface area contributed by atoms with Crippen LogP contribution in [0, 0.1) is 10.1 Å². The van der Waals surface area contributed by atoms with E-state index in [1.165, 1.54) is 11.1 Å². The number of morpholine rings is 1.